The van der Waals surface area contributed by atoms with Crippen LogP contribution in [0.5, 0.6) is 0 Å². The number of benzene rings is 8. The zero-order valence-electron chi connectivity index (χ0n) is 29.8. The molecule has 0 radical (unpaired) electrons. The predicted molar refractivity (Wildman–Crippen MR) is 226 cm³/mol. The minimum Gasteiger partial charge on any atom is -0.228 e. The van der Waals surface area contributed by atoms with Crippen molar-refractivity contribution in [2.24, 2.45) is 0 Å². The Bertz CT molecular complexity index is 2820. The van der Waals surface area contributed by atoms with Gasteiger partial charge in [0, 0.05) is 22.6 Å². The molecule has 0 saturated carbocycles. The Labute approximate surface area is 315 Å². The molecule has 0 fully saturated rings. The SMILES string of the molecule is C=C1Cc2ccc3ccccc3c2C(c2ccccc2)=CC1c1ccc(-c2cc(-c3ccc4ccccc4c3)nc(-c3ccc4ccccc4c3)n2)cc1. The fraction of sp³-hybridized carbons (Fsp3) is 0.0385. The molecular formula is C52H36N2. The van der Waals surface area contributed by atoms with Crippen LogP contribution in [0.25, 0.3) is 71.8 Å². The van der Waals surface area contributed by atoms with E-state index in [-0.39, 0.29) is 5.92 Å². The second kappa shape index (κ2) is 13.3. The first-order chi connectivity index (χ1) is 26.6. The highest BCUT2D eigenvalue weighted by molar-refractivity contribution is 6.00. The second-order valence-electron chi connectivity index (χ2n) is 14.3. The molecule has 0 bridgehead atoms. The van der Waals surface area contributed by atoms with Gasteiger partial charge in [0.1, 0.15) is 0 Å². The lowest BCUT2D eigenvalue weighted by Gasteiger charge is -2.17. The Kier molecular flexibility index (Phi) is 7.81. The molecule has 254 valence electrons. The van der Waals surface area contributed by atoms with E-state index in [0.717, 1.165) is 34.5 Å². The fourth-order valence-corrected chi connectivity index (χ4v) is 8.11. The standard InChI is InChI=1S/C52H36N2/c1-34-29-44-27-23-38-15-9-10-18-46(38)51(44)48(37-13-3-2-4-14-37)32-47(34)39-21-24-40(25-22-39)49-33-50(43-26-19-35-11-5-7-16-41(35)30-43)54-52(53-49)45-28-20-36-12-6-8-17-42(36)31-45/h2-28,30-33,47H,1,29H2. The van der Waals surface area contributed by atoms with Crippen LogP contribution in [0.3, 0.4) is 0 Å². The van der Waals surface area contributed by atoms with Gasteiger partial charge in [0.05, 0.1) is 11.4 Å². The zero-order valence-corrected chi connectivity index (χ0v) is 29.8. The Hall–Kier alpha value is -6.90. The van der Waals surface area contributed by atoms with Gasteiger partial charge in [-0.15, -0.1) is 0 Å². The molecule has 2 nitrogen and oxygen atoms in total. The summed E-state index contributed by atoms with van der Waals surface area (Å²) in [6, 6.07) is 65.1. The van der Waals surface area contributed by atoms with E-state index < -0.39 is 0 Å². The van der Waals surface area contributed by atoms with Crippen molar-refractivity contribution in [1.29, 1.82) is 0 Å². The minimum atomic E-state index is 0.0483. The van der Waals surface area contributed by atoms with Gasteiger partial charge in [0.15, 0.2) is 5.82 Å². The largest absolute Gasteiger partial charge is 0.228 e. The van der Waals surface area contributed by atoms with Crippen LogP contribution in [0.15, 0.2) is 200 Å². The number of fused-ring (bicyclic) bond motifs is 5. The van der Waals surface area contributed by atoms with Crippen LogP contribution in [0.1, 0.15) is 28.2 Å². The van der Waals surface area contributed by atoms with Gasteiger partial charge >= 0.3 is 0 Å². The number of aromatic nitrogens is 2. The fourth-order valence-electron chi connectivity index (χ4n) is 8.11. The number of allylic oxidation sites excluding steroid dienone is 2. The highest BCUT2D eigenvalue weighted by Crippen LogP contribution is 2.42. The maximum atomic E-state index is 5.21. The molecule has 0 amide bonds. The van der Waals surface area contributed by atoms with Crippen LogP contribution >= 0.6 is 0 Å². The quantitative estimate of drug-likeness (QED) is 0.168. The highest BCUT2D eigenvalue weighted by Gasteiger charge is 2.24. The van der Waals surface area contributed by atoms with Gasteiger partial charge in [-0.25, -0.2) is 9.97 Å². The number of hydrogen-bond donors (Lipinski definition) is 0. The van der Waals surface area contributed by atoms with E-state index in [4.69, 9.17) is 9.97 Å². The normalized spacial score (nSPS) is 14.2. The van der Waals surface area contributed by atoms with Crippen molar-refractivity contribution in [3.05, 3.63) is 222 Å². The lowest BCUT2D eigenvalue weighted by Crippen LogP contribution is -2.01. The van der Waals surface area contributed by atoms with Gasteiger partial charge in [0.2, 0.25) is 0 Å². The lowest BCUT2D eigenvalue weighted by atomic mass is 9.88. The first-order valence-corrected chi connectivity index (χ1v) is 18.6. The van der Waals surface area contributed by atoms with Gasteiger partial charge in [-0.2, -0.15) is 0 Å². The molecule has 2 heteroatoms. The summed E-state index contributed by atoms with van der Waals surface area (Å²) in [5, 5.41) is 7.30. The Morgan fingerprint density at radius 1 is 0.444 bits per heavy atom. The highest BCUT2D eigenvalue weighted by atomic mass is 14.9. The van der Waals surface area contributed by atoms with Crippen molar-refractivity contribution in [1.82, 2.24) is 9.97 Å². The molecule has 9 aromatic rings. The molecule has 8 aromatic carbocycles. The molecule has 54 heavy (non-hydrogen) atoms. The van der Waals surface area contributed by atoms with Crippen molar-refractivity contribution in [2.75, 3.05) is 0 Å². The van der Waals surface area contributed by atoms with Crippen LogP contribution in [0.4, 0.5) is 0 Å². The van der Waals surface area contributed by atoms with Crippen LogP contribution in [0, 0.1) is 0 Å². The summed E-state index contributed by atoms with van der Waals surface area (Å²) in [5.41, 5.74) is 12.4. The van der Waals surface area contributed by atoms with Gasteiger partial charge < -0.3 is 0 Å². The van der Waals surface area contributed by atoms with Gasteiger partial charge in [-0.05, 0) is 84.8 Å². The average molecular weight is 689 g/mol. The van der Waals surface area contributed by atoms with Crippen molar-refractivity contribution in [2.45, 2.75) is 12.3 Å². The summed E-state index contributed by atoms with van der Waals surface area (Å²) in [6.45, 7) is 4.69. The predicted octanol–water partition coefficient (Wildman–Crippen LogP) is 13.3. The van der Waals surface area contributed by atoms with E-state index in [1.807, 2.05) is 0 Å². The molecule has 0 N–H and O–H groups in total. The average Bonchev–Trinajstić information content (AvgIpc) is 3.39. The third kappa shape index (κ3) is 5.79. The van der Waals surface area contributed by atoms with Gasteiger partial charge in [-0.3, -0.25) is 0 Å². The van der Waals surface area contributed by atoms with Gasteiger partial charge in [0.25, 0.3) is 0 Å². The summed E-state index contributed by atoms with van der Waals surface area (Å²) in [7, 11) is 0. The van der Waals surface area contributed by atoms with E-state index in [9.17, 15) is 0 Å². The second-order valence-corrected chi connectivity index (χ2v) is 14.3. The third-order valence-electron chi connectivity index (χ3n) is 10.9. The molecule has 1 aliphatic rings. The number of rotatable bonds is 5. The first-order valence-electron chi connectivity index (χ1n) is 18.6. The summed E-state index contributed by atoms with van der Waals surface area (Å²) in [4.78, 5) is 10.4. The summed E-state index contributed by atoms with van der Waals surface area (Å²) in [6.07, 6.45) is 3.25. The Morgan fingerprint density at radius 3 is 1.72 bits per heavy atom. The molecule has 0 aliphatic heterocycles. The Morgan fingerprint density at radius 2 is 1.00 bits per heavy atom. The molecule has 10 rings (SSSR count). The van der Waals surface area contributed by atoms with E-state index in [1.165, 1.54) is 65.7 Å². The molecule has 1 aliphatic carbocycles. The molecular weight excluding hydrogens is 653 g/mol. The van der Waals surface area contributed by atoms with Crippen LogP contribution < -0.4 is 0 Å². The van der Waals surface area contributed by atoms with Gasteiger partial charge in [-0.1, -0.05) is 182 Å². The monoisotopic (exact) mass is 688 g/mol. The van der Waals surface area contributed by atoms with E-state index >= 15 is 0 Å². The number of nitrogens with zero attached hydrogens (tertiary/aromatic N) is 2. The van der Waals surface area contributed by atoms with E-state index in [0.29, 0.717) is 5.82 Å². The maximum Gasteiger partial charge on any atom is 0.160 e. The molecule has 1 heterocycles. The third-order valence-corrected chi connectivity index (χ3v) is 10.9. The van der Waals surface area contributed by atoms with Crippen LogP contribution in [-0.4, -0.2) is 9.97 Å². The minimum absolute atomic E-state index is 0.0483. The van der Waals surface area contributed by atoms with E-state index in [1.54, 1.807) is 0 Å². The van der Waals surface area contributed by atoms with Crippen molar-refractivity contribution < 1.29 is 0 Å². The van der Waals surface area contributed by atoms with Crippen molar-refractivity contribution >= 4 is 37.9 Å². The zero-order chi connectivity index (χ0) is 36.0. The molecule has 0 spiro atoms. The lowest BCUT2D eigenvalue weighted by molar-refractivity contribution is 0.947. The van der Waals surface area contributed by atoms with Crippen molar-refractivity contribution in [3.63, 3.8) is 0 Å². The smallest absolute Gasteiger partial charge is 0.160 e. The molecule has 1 atom stereocenters. The molecule has 1 aromatic heterocycles. The molecule has 1 unspecified atom stereocenters. The van der Waals surface area contributed by atoms with E-state index in [2.05, 4.69) is 195 Å². The van der Waals surface area contributed by atoms with Crippen molar-refractivity contribution in [3.8, 4) is 33.9 Å². The van der Waals surface area contributed by atoms with Crippen LogP contribution in [0.2, 0.25) is 0 Å². The van der Waals surface area contributed by atoms with Crippen LogP contribution in [-0.2, 0) is 6.42 Å². The topological polar surface area (TPSA) is 25.8 Å². The Balaban J connectivity index is 1.08. The summed E-state index contributed by atoms with van der Waals surface area (Å²) in [5.74, 6) is 0.759. The number of hydrogen-bond acceptors (Lipinski definition) is 2. The summed E-state index contributed by atoms with van der Waals surface area (Å²) >= 11 is 0. The first kappa shape index (κ1) is 31.8. The molecule has 0 saturated heterocycles. The maximum absolute atomic E-state index is 5.21. The summed E-state index contributed by atoms with van der Waals surface area (Å²) < 4.78 is 0.